The minimum absolute atomic E-state index is 0.0185. The molecule has 27 heavy (non-hydrogen) atoms. The lowest BCUT2D eigenvalue weighted by Gasteiger charge is -2.29. The van der Waals surface area contributed by atoms with E-state index in [2.05, 4.69) is 0 Å². The van der Waals surface area contributed by atoms with Crippen LogP contribution in [0.5, 0.6) is 5.75 Å². The number of carboxylic acids is 1. The molecular weight excluding hydrogens is 352 g/mol. The molecule has 1 atom stereocenters. The summed E-state index contributed by atoms with van der Waals surface area (Å²) in [6.45, 7) is 0.942. The number of carboxylic acid groups (broad SMARTS) is 1. The van der Waals surface area contributed by atoms with Gasteiger partial charge in [-0.25, -0.2) is 4.79 Å². The average Bonchev–Trinajstić information content (AvgIpc) is 2.65. The van der Waals surface area contributed by atoms with Crippen LogP contribution in [-0.2, 0) is 14.3 Å². The molecule has 2 aromatic rings. The van der Waals surface area contributed by atoms with Crippen molar-refractivity contribution < 1.29 is 33.8 Å². The van der Waals surface area contributed by atoms with Gasteiger partial charge in [-0.15, -0.1) is 0 Å². The van der Waals surface area contributed by atoms with Crippen molar-refractivity contribution in [3.63, 3.8) is 0 Å². The molecule has 0 saturated carbocycles. The van der Waals surface area contributed by atoms with Gasteiger partial charge >= 0.3 is 11.9 Å². The second kappa shape index (κ2) is 6.14. The number of esters is 1. The lowest BCUT2D eigenvalue weighted by atomic mass is 9.79. The quantitative estimate of drug-likeness (QED) is 0.642. The van der Waals surface area contributed by atoms with Crippen LogP contribution in [0.4, 0.5) is 0 Å². The van der Waals surface area contributed by atoms with Crippen LogP contribution >= 0.6 is 0 Å². The molecular formula is C20H14O7. The van der Waals surface area contributed by atoms with E-state index in [0.29, 0.717) is 10.8 Å². The topological polar surface area (TPSA) is 107 Å². The monoisotopic (exact) mass is 366 g/mol. The Morgan fingerprint density at radius 3 is 2.59 bits per heavy atom. The first-order chi connectivity index (χ1) is 12.9. The Labute approximate surface area is 153 Å². The molecule has 0 bridgehead atoms. The van der Waals surface area contributed by atoms with Crippen molar-refractivity contribution in [2.24, 2.45) is 0 Å². The van der Waals surface area contributed by atoms with Crippen molar-refractivity contribution in [2.45, 2.75) is 19.4 Å². The molecule has 4 rings (SSSR count). The van der Waals surface area contributed by atoms with Gasteiger partial charge < -0.3 is 14.6 Å². The zero-order valence-electron chi connectivity index (χ0n) is 14.3. The first-order valence-electron chi connectivity index (χ1n) is 8.28. The molecule has 0 fully saturated rings. The van der Waals surface area contributed by atoms with Crippen LogP contribution in [0.25, 0.3) is 10.8 Å². The number of aliphatic carboxylic acids is 1. The molecule has 1 heterocycles. The molecule has 136 valence electrons. The first-order valence-corrected chi connectivity index (χ1v) is 8.28. The lowest BCUT2D eigenvalue weighted by Crippen LogP contribution is -2.36. The fraction of sp³-hybridized carbons (Fsp3) is 0.200. The molecule has 0 saturated heterocycles. The molecule has 1 N–H and O–H groups in total. The summed E-state index contributed by atoms with van der Waals surface area (Å²) in [6.07, 6.45) is -1.35. The van der Waals surface area contributed by atoms with E-state index in [4.69, 9.17) is 14.6 Å². The number of ketones is 2. The third-order valence-electron chi connectivity index (χ3n) is 4.73. The zero-order chi connectivity index (χ0) is 19.3. The maximum absolute atomic E-state index is 13.1. The van der Waals surface area contributed by atoms with E-state index >= 15 is 0 Å². The van der Waals surface area contributed by atoms with Gasteiger partial charge in [0.15, 0.2) is 23.4 Å². The van der Waals surface area contributed by atoms with Crippen molar-refractivity contribution in [1.29, 1.82) is 0 Å². The second-order valence-corrected chi connectivity index (χ2v) is 6.40. The molecule has 1 unspecified atom stereocenters. The Morgan fingerprint density at radius 2 is 1.89 bits per heavy atom. The number of benzene rings is 2. The van der Waals surface area contributed by atoms with Gasteiger partial charge in [0, 0.05) is 35.4 Å². The summed E-state index contributed by atoms with van der Waals surface area (Å²) >= 11 is 0. The van der Waals surface area contributed by atoms with Crippen LogP contribution in [0.2, 0.25) is 0 Å². The first kappa shape index (κ1) is 17.1. The summed E-state index contributed by atoms with van der Waals surface area (Å²) in [4.78, 5) is 49.0. The molecule has 0 aromatic heterocycles. The van der Waals surface area contributed by atoms with E-state index < -0.39 is 29.6 Å². The molecule has 0 amide bonds. The number of rotatable bonds is 2. The van der Waals surface area contributed by atoms with Crippen molar-refractivity contribution in [1.82, 2.24) is 0 Å². The second-order valence-electron chi connectivity index (χ2n) is 6.40. The largest absolute Gasteiger partial charge is 0.479 e. The van der Waals surface area contributed by atoms with Gasteiger partial charge in [0.1, 0.15) is 0 Å². The van der Waals surface area contributed by atoms with E-state index in [1.165, 1.54) is 6.92 Å². The average molecular weight is 366 g/mol. The highest BCUT2D eigenvalue weighted by molar-refractivity contribution is 6.30. The molecule has 1 aliphatic carbocycles. The Balaban J connectivity index is 1.96. The van der Waals surface area contributed by atoms with Gasteiger partial charge in [0.2, 0.25) is 0 Å². The SMILES string of the molecule is CC(=O)Oc1c2c(cc3ccccc13)C(=O)C1=C(COC(C(=O)O)C1)C2=O. The van der Waals surface area contributed by atoms with E-state index in [0.717, 1.165) is 0 Å². The highest BCUT2D eigenvalue weighted by Gasteiger charge is 2.40. The number of fused-ring (bicyclic) bond motifs is 2. The standard InChI is InChI=1S/C20H14O7/c1-9(21)27-19-11-5-3-2-4-10(11)6-13-16(19)18(23)14-8-26-15(20(24)25)7-12(14)17(13)22/h2-6,15H,7-8H2,1H3,(H,24,25). The highest BCUT2D eigenvalue weighted by Crippen LogP contribution is 2.41. The number of carbonyl (C=O) groups excluding carboxylic acids is 3. The Morgan fingerprint density at radius 1 is 1.15 bits per heavy atom. The Bertz CT molecular complexity index is 1080. The Hall–Kier alpha value is -3.32. The summed E-state index contributed by atoms with van der Waals surface area (Å²) in [6, 6.07) is 8.53. The molecule has 1 aliphatic heterocycles. The Kier molecular flexibility index (Phi) is 3.89. The maximum atomic E-state index is 13.1. The number of carbonyl (C=O) groups is 4. The predicted molar refractivity (Wildman–Crippen MR) is 92.9 cm³/mol. The lowest BCUT2D eigenvalue weighted by molar-refractivity contribution is -0.150. The normalized spacial score (nSPS) is 18.9. The van der Waals surface area contributed by atoms with E-state index in [-0.39, 0.29) is 41.1 Å². The maximum Gasteiger partial charge on any atom is 0.333 e. The van der Waals surface area contributed by atoms with Crippen molar-refractivity contribution in [3.8, 4) is 5.75 Å². The number of hydrogen-bond donors (Lipinski definition) is 1. The molecule has 2 aromatic carbocycles. The third kappa shape index (κ3) is 2.63. The van der Waals surface area contributed by atoms with Crippen LogP contribution < -0.4 is 4.74 Å². The molecule has 2 aliphatic rings. The summed E-state index contributed by atoms with van der Waals surface area (Å²) in [7, 11) is 0. The van der Waals surface area contributed by atoms with Crippen LogP contribution in [0.15, 0.2) is 41.5 Å². The van der Waals surface area contributed by atoms with Gasteiger partial charge in [0.05, 0.1) is 12.2 Å². The van der Waals surface area contributed by atoms with Gasteiger partial charge in [-0.1, -0.05) is 24.3 Å². The summed E-state index contributed by atoms with van der Waals surface area (Å²) in [5.41, 5.74) is 0.397. The highest BCUT2D eigenvalue weighted by atomic mass is 16.5. The van der Waals surface area contributed by atoms with Crippen LogP contribution in [-0.4, -0.2) is 41.3 Å². The number of Topliss-reactive ketones (excluding diaryl/α,β-unsaturated/α-hetero) is 2. The molecule has 7 nitrogen and oxygen atoms in total. The summed E-state index contributed by atoms with van der Waals surface area (Å²) in [5.74, 6) is -2.68. The third-order valence-corrected chi connectivity index (χ3v) is 4.73. The minimum atomic E-state index is -1.19. The predicted octanol–water partition coefficient (Wildman–Crippen LogP) is 2.31. The fourth-order valence-corrected chi connectivity index (χ4v) is 3.51. The van der Waals surface area contributed by atoms with Crippen molar-refractivity contribution in [3.05, 3.63) is 52.6 Å². The molecule has 7 heteroatoms. The van der Waals surface area contributed by atoms with Crippen LogP contribution in [0.1, 0.15) is 34.1 Å². The number of ether oxygens (including phenoxy) is 2. The van der Waals surface area contributed by atoms with Gasteiger partial charge in [0.25, 0.3) is 0 Å². The van der Waals surface area contributed by atoms with Crippen LogP contribution in [0.3, 0.4) is 0 Å². The smallest absolute Gasteiger partial charge is 0.333 e. The van der Waals surface area contributed by atoms with Crippen LogP contribution in [0, 0.1) is 0 Å². The van der Waals surface area contributed by atoms with Crippen molar-refractivity contribution in [2.75, 3.05) is 6.61 Å². The van der Waals surface area contributed by atoms with Gasteiger partial charge in [-0.05, 0) is 11.5 Å². The van der Waals surface area contributed by atoms with E-state index in [9.17, 15) is 19.2 Å². The molecule has 0 radical (unpaired) electrons. The zero-order valence-corrected chi connectivity index (χ0v) is 14.3. The van der Waals surface area contributed by atoms with Gasteiger partial charge in [-0.3, -0.25) is 14.4 Å². The number of hydrogen-bond acceptors (Lipinski definition) is 6. The van der Waals surface area contributed by atoms with E-state index in [1.807, 2.05) is 0 Å². The van der Waals surface area contributed by atoms with Crippen molar-refractivity contribution >= 4 is 34.3 Å². The fourth-order valence-electron chi connectivity index (χ4n) is 3.51. The minimum Gasteiger partial charge on any atom is -0.479 e. The van der Waals surface area contributed by atoms with E-state index in [1.54, 1.807) is 30.3 Å². The summed E-state index contributed by atoms with van der Waals surface area (Å²) in [5, 5.41) is 10.3. The van der Waals surface area contributed by atoms with Gasteiger partial charge in [-0.2, -0.15) is 0 Å². The summed E-state index contributed by atoms with van der Waals surface area (Å²) < 4.78 is 10.5. The molecule has 0 spiro atoms.